The second-order valence-electron chi connectivity index (χ2n) is 8.57. The average Bonchev–Trinajstić information content (AvgIpc) is 2.82. The van der Waals surface area contributed by atoms with E-state index in [2.05, 4.69) is 70.2 Å². The van der Waals surface area contributed by atoms with Crippen LogP contribution in [0.15, 0.2) is 35.6 Å². The molecular weight excluding hydrogens is 436 g/mol. The molecule has 0 atom stereocenters. The van der Waals surface area contributed by atoms with Crippen LogP contribution in [0.4, 0.5) is 17.2 Å². The van der Waals surface area contributed by atoms with Gasteiger partial charge >= 0.3 is 0 Å². The summed E-state index contributed by atoms with van der Waals surface area (Å²) in [7, 11) is 0. The first-order valence-electron chi connectivity index (χ1n) is 11.5. The third kappa shape index (κ3) is 7.06. The zero-order valence-electron chi connectivity index (χ0n) is 20.3. The summed E-state index contributed by atoms with van der Waals surface area (Å²) >= 11 is 1.44. The maximum absolute atomic E-state index is 13.0. The van der Waals surface area contributed by atoms with E-state index in [9.17, 15) is 4.79 Å². The lowest BCUT2D eigenvalue weighted by molar-refractivity contribution is 0.0939. The van der Waals surface area contributed by atoms with Gasteiger partial charge in [-0.25, -0.2) is 9.97 Å². The summed E-state index contributed by atoms with van der Waals surface area (Å²) in [5.74, 6) is 0.332. The second-order valence-corrected chi connectivity index (χ2v) is 9.34. The Balaban J connectivity index is 1.69. The molecule has 0 bridgehead atoms. The van der Waals surface area contributed by atoms with Gasteiger partial charge in [0.25, 0.3) is 5.91 Å². The number of ether oxygens (including phenoxy) is 1. The molecule has 1 saturated heterocycles. The summed E-state index contributed by atoms with van der Waals surface area (Å²) in [6, 6.07) is 9.02. The van der Waals surface area contributed by atoms with E-state index in [1.807, 2.05) is 18.4 Å². The first-order valence-corrected chi connectivity index (χ1v) is 12.8. The summed E-state index contributed by atoms with van der Waals surface area (Å²) in [5.41, 5.74) is 2.47. The Morgan fingerprint density at radius 2 is 1.82 bits per heavy atom. The molecule has 33 heavy (non-hydrogen) atoms. The smallest absolute Gasteiger partial charge is 0.256 e. The molecule has 1 aliphatic rings. The highest BCUT2D eigenvalue weighted by Crippen LogP contribution is 2.24. The average molecular weight is 473 g/mol. The molecule has 1 amide bonds. The molecule has 1 fully saturated rings. The lowest BCUT2D eigenvalue weighted by atomic mass is 10.2. The topological polar surface area (TPSA) is 82.6 Å². The third-order valence-electron chi connectivity index (χ3n) is 5.68. The Kier molecular flexibility index (Phi) is 9.34. The highest BCUT2D eigenvalue weighted by Gasteiger charge is 2.18. The van der Waals surface area contributed by atoms with Crippen LogP contribution in [0.3, 0.4) is 0 Å². The number of rotatable bonds is 10. The number of anilines is 3. The van der Waals surface area contributed by atoms with E-state index in [1.54, 1.807) is 6.20 Å². The van der Waals surface area contributed by atoms with E-state index in [-0.39, 0.29) is 5.91 Å². The van der Waals surface area contributed by atoms with Crippen molar-refractivity contribution in [2.24, 2.45) is 0 Å². The number of carbonyl (C=O) groups is 1. The molecule has 2 heterocycles. The van der Waals surface area contributed by atoms with Gasteiger partial charge in [-0.15, -0.1) is 0 Å². The van der Waals surface area contributed by atoms with Crippen molar-refractivity contribution in [2.75, 3.05) is 55.9 Å². The van der Waals surface area contributed by atoms with Gasteiger partial charge in [0.2, 0.25) is 0 Å². The number of morpholine rings is 1. The Hall–Kier alpha value is -2.36. The van der Waals surface area contributed by atoms with Crippen LogP contribution in [0.5, 0.6) is 0 Å². The molecule has 2 aromatic rings. The van der Waals surface area contributed by atoms with Crippen LogP contribution in [-0.4, -0.2) is 78.5 Å². The van der Waals surface area contributed by atoms with Crippen molar-refractivity contribution in [3.63, 3.8) is 0 Å². The third-order valence-corrected chi connectivity index (χ3v) is 6.24. The van der Waals surface area contributed by atoms with E-state index < -0.39 is 0 Å². The van der Waals surface area contributed by atoms with Gasteiger partial charge in [0, 0.05) is 55.8 Å². The Morgan fingerprint density at radius 3 is 2.42 bits per heavy atom. The minimum Gasteiger partial charge on any atom is -0.378 e. The van der Waals surface area contributed by atoms with Crippen LogP contribution in [-0.2, 0) is 4.74 Å². The van der Waals surface area contributed by atoms with Gasteiger partial charge in [-0.1, -0.05) is 11.8 Å². The van der Waals surface area contributed by atoms with Gasteiger partial charge in [0.05, 0.1) is 13.2 Å². The van der Waals surface area contributed by atoms with Crippen molar-refractivity contribution in [1.82, 2.24) is 20.2 Å². The molecule has 0 spiro atoms. The molecule has 1 aromatic carbocycles. The summed E-state index contributed by atoms with van der Waals surface area (Å²) in [4.78, 5) is 26.5. The molecule has 0 saturated carbocycles. The van der Waals surface area contributed by atoms with Gasteiger partial charge in [-0.05, 0) is 58.2 Å². The largest absolute Gasteiger partial charge is 0.378 e. The molecule has 180 valence electrons. The predicted molar refractivity (Wildman–Crippen MR) is 136 cm³/mol. The number of thioether (sulfide) groups is 1. The molecule has 8 nitrogen and oxygen atoms in total. The molecular formula is C24H36N6O2S. The summed E-state index contributed by atoms with van der Waals surface area (Å²) in [6.07, 6.45) is 3.52. The number of nitrogens with one attached hydrogen (secondary N) is 2. The Bertz CT molecular complexity index is 892. The molecule has 0 unspecified atom stereocenters. The summed E-state index contributed by atoms with van der Waals surface area (Å²) in [5, 5.41) is 6.96. The van der Waals surface area contributed by atoms with E-state index in [4.69, 9.17) is 4.74 Å². The number of hydrogen-bond acceptors (Lipinski definition) is 8. The van der Waals surface area contributed by atoms with Crippen molar-refractivity contribution >= 4 is 34.9 Å². The van der Waals surface area contributed by atoms with Gasteiger partial charge < -0.3 is 20.3 Å². The lowest BCUT2D eigenvalue weighted by Gasteiger charge is -2.30. The minimum atomic E-state index is -0.178. The molecule has 1 aliphatic heterocycles. The Morgan fingerprint density at radius 1 is 1.15 bits per heavy atom. The van der Waals surface area contributed by atoms with Crippen LogP contribution in [0, 0.1) is 0 Å². The van der Waals surface area contributed by atoms with Gasteiger partial charge in [-0.2, -0.15) is 0 Å². The van der Waals surface area contributed by atoms with Crippen LogP contribution in [0.25, 0.3) is 0 Å². The molecule has 1 aromatic heterocycles. The van der Waals surface area contributed by atoms with Crippen LogP contribution < -0.4 is 15.5 Å². The monoisotopic (exact) mass is 472 g/mol. The van der Waals surface area contributed by atoms with Crippen molar-refractivity contribution < 1.29 is 9.53 Å². The standard InChI is InChI=1S/C24H36N6O2S/c1-17(2)30(18(3)4)11-10-25-23(31)21-16-26-24(33-5)28-22(21)27-19-6-8-20(9-7-19)29-12-14-32-15-13-29/h6-9,16-18H,10-15H2,1-5H3,(H,25,31)(H,26,27,28). The Labute approximate surface area is 201 Å². The van der Waals surface area contributed by atoms with Gasteiger partial charge in [-0.3, -0.25) is 9.69 Å². The minimum absolute atomic E-state index is 0.178. The number of nitrogens with zero attached hydrogens (tertiary/aromatic N) is 4. The van der Waals surface area contributed by atoms with Crippen molar-refractivity contribution in [2.45, 2.75) is 44.9 Å². The fraction of sp³-hybridized carbons (Fsp3) is 0.542. The molecule has 2 N–H and O–H groups in total. The van der Waals surface area contributed by atoms with E-state index in [0.717, 1.165) is 44.2 Å². The summed E-state index contributed by atoms with van der Waals surface area (Å²) < 4.78 is 5.43. The number of amides is 1. The van der Waals surface area contributed by atoms with E-state index in [0.29, 0.717) is 35.2 Å². The molecule has 0 radical (unpaired) electrons. The molecule has 3 rings (SSSR count). The van der Waals surface area contributed by atoms with Gasteiger partial charge in [0.15, 0.2) is 5.16 Å². The number of aromatic nitrogens is 2. The van der Waals surface area contributed by atoms with Crippen LogP contribution in [0.1, 0.15) is 38.1 Å². The second kappa shape index (κ2) is 12.2. The van der Waals surface area contributed by atoms with Crippen molar-refractivity contribution in [3.05, 3.63) is 36.0 Å². The maximum Gasteiger partial charge on any atom is 0.256 e. The van der Waals surface area contributed by atoms with Crippen molar-refractivity contribution in [3.8, 4) is 0 Å². The molecule has 0 aliphatic carbocycles. The lowest BCUT2D eigenvalue weighted by Crippen LogP contribution is -2.42. The zero-order chi connectivity index (χ0) is 23.8. The highest BCUT2D eigenvalue weighted by molar-refractivity contribution is 7.98. The SMILES string of the molecule is CSc1ncc(C(=O)NCCN(C(C)C)C(C)C)c(Nc2ccc(N3CCOCC3)cc2)n1. The number of carbonyl (C=O) groups excluding carboxylic acids is 1. The van der Waals surface area contributed by atoms with Crippen molar-refractivity contribution in [1.29, 1.82) is 0 Å². The normalized spacial score (nSPS) is 14.2. The fourth-order valence-electron chi connectivity index (χ4n) is 3.95. The number of hydrogen-bond donors (Lipinski definition) is 2. The van der Waals surface area contributed by atoms with E-state index >= 15 is 0 Å². The van der Waals surface area contributed by atoms with Crippen LogP contribution in [0.2, 0.25) is 0 Å². The highest BCUT2D eigenvalue weighted by atomic mass is 32.2. The van der Waals surface area contributed by atoms with E-state index in [1.165, 1.54) is 11.8 Å². The van der Waals surface area contributed by atoms with Gasteiger partial charge in [0.1, 0.15) is 11.4 Å². The maximum atomic E-state index is 13.0. The number of benzene rings is 1. The first-order chi connectivity index (χ1) is 15.9. The predicted octanol–water partition coefficient (Wildman–Crippen LogP) is 3.63. The zero-order valence-corrected chi connectivity index (χ0v) is 21.1. The molecule has 9 heteroatoms. The summed E-state index contributed by atoms with van der Waals surface area (Å²) in [6.45, 7) is 13.3. The quantitative estimate of drug-likeness (QED) is 0.401. The fourth-order valence-corrected chi connectivity index (χ4v) is 4.29. The van der Waals surface area contributed by atoms with Crippen LogP contribution >= 0.6 is 11.8 Å². The first kappa shape index (κ1) is 25.3.